The van der Waals surface area contributed by atoms with Crippen LogP contribution < -0.4 is 0 Å². The third kappa shape index (κ3) is 3.59. The first kappa shape index (κ1) is 11.5. The highest BCUT2D eigenvalue weighted by atomic mass is 14.0. The Balaban J connectivity index is 2.74. The van der Waals surface area contributed by atoms with E-state index in [0.717, 1.165) is 12.0 Å². The highest BCUT2D eigenvalue weighted by Gasteiger charge is 1.96. The molecule has 1 aromatic carbocycles. The maximum atomic E-state index is 4.06. The van der Waals surface area contributed by atoms with Gasteiger partial charge in [-0.15, -0.1) is 0 Å². The van der Waals surface area contributed by atoms with Gasteiger partial charge in [0.2, 0.25) is 0 Å². The maximum Gasteiger partial charge on any atom is -0.0161 e. The molecule has 0 aromatic heterocycles. The average molecular weight is 198 g/mol. The first-order valence-corrected chi connectivity index (χ1v) is 5.33. The smallest absolute Gasteiger partial charge is 0.0161 e. The molecule has 0 unspecified atom stereocenters. The molecule has 0 aliphatic rings. The number of aryl methyl sites for hydroxylation is 1. The molecule has 1 aromatic rings. The van der Waals surface area contributed by atoms with Crippen molar-refractivity contribution in [2.24, 2.45) is 0 Å². The minimum atomic E-state index is 1.06. The van der Waals surface area contributed by atoms with Crippen LogP contribution in [0.1, 0.15) is 24.5 Å². The van der Waals surface area contributed by atoms with E-state index in [1.165, 1.54) is 11.1 Å². The van der Waals surface area contributed by atoms with Gasteiger partial charge < -0.3 is 0 Å². The van der Waals surface area contributed by atoms with Gasteiger partial charge in [-0.25, -0.2) is 0 Å². The van der Waals surface area contributed by atoms with Crippen LogP contribution in [0.15, 0.2) is 55.1 Å². The van der Waals surface area contributed by atoms with E-state index in [2.05, 4.69) is 50.8 Å². The lowest BCUT2D eigenvalue weighted by Gasteiger charge is -2.03. The highest BCUT2D eigenvalue weighted by Crippen LogP contribution is 2.17. The monoisotopic (exact) mass is 198 g/mol. The predicted octanol–water partition coefficient (Wildman–Crippen LogP) is 4.53. The van der Waals surface area contributed by atoms with E-state index in [1.54, 1.807) is 0 Å². The van der Waals surface area contributed by atoms with Gasteiger partial charge in [-0.3, -0.25) is 0 Å². The van der Waals surface area contributed by atoms with Crippen molar-refractivity contribution in [1.29, 1.82) is 0 Å². The van der Waals surface area contributed by atoms with Crippen LogP contribution in [0, 0.1) is 6.92 Å². The summed E-state index contributed by atoms with van der Waals surface area (Å²) in [5.41, 5.74) is 3.55. The summed E-state index contributed by atoms with van der Waals surface area (Å²) >= 11 is 0. The molecule has 0 amide bonds. The molecule has 0 N–H and O–H groups in total. The Morgan fingerprint density at radius 1 is 1.27 bits per heavy atom. The molecule has 0 saturated carbocycles. The molecular formula is C15H18. The van der Waals surface area contributed by atoms with Gasteiger partial charge in [0.05, 0.1) is 0 Å². The summed E-state index contributed by atoms with van der Waals surface area (Å²) in [6.45, 7) is 8.30. The fourth-order valence-electron chi connectivity index (χ4n) is 1.41. The quantitative estimate of drug-likeness (QED) is 0.623. The SMILES string of the molecule is C=C(/C=C\C=C/CC)c1ccccc1C. The summed E-state index contributed by atoms with van der Waals surface area (Å²) in [6, 6.07) is 8.30. The van der Waals surface area contributed by atoms with Crippen LogP contribution in [0.25, 0.3) is 5.57 Å². The van der Waals surface area contributed by atoms with Gasteiger partial charge in [0.1, 0.15) is 0 Å². The van der Waals surface area contributed by atoms with Gasteiger partial charge in [0.25, 0.3) is 0 Å². The number of benzene rings is 1. The Kier molecular flexibility index (Phi) is 4.62. The minimum absolute atomic E-state index is 1.06. The first-order valence-electron chi connectivity index (χ1n) is 5.33. The van der Waals surface area contributed by atoms with E-state index in [0.29, 0.717) is 0 Å². The van der Waals surface area contributed by atoms with Crippen molar-refractivity contribution < 1.29 is 0 Å². The number of allylic oxidation sites excluding steroid dienone is 5. The van der Waals surface area contributed by atoms with Crippen LogP contribution in [0.5, 0.6) is 0 Å². The topological polar surface area (TPSA) is 0 Å². The molecule has 0 saturated heterocycles. The summed E-state index contributed by atoms with van der Waals surface area (Å²) in [5, 5.41) is 0. The maximum absolute atomic E-state index is 4.06. The fraction of sp³-hybridized carbons (Fsp3) is 0.200. The van der Waals surface area contributed by atoms with Crippen LogP contribution in [0.3, 0.4) is 0 Å². The predicted molar refractivity (Wildman–Crippen MR) is 68.8 cm³/mol. The zero-order chi connectivity index (χ0) is 11.1. The Morgan fingerprint density at radius 3 is 2.67 bits per heavy atom. The molecule has 1 rings (SSSR count). The Bertz CT molecular complexity index is 381. The minimum Gasteiger partial charge on any atom is -0.0912 e. The molecule has 78 valence electrons. The van der Waals surface area contributed by atoms with Crippen molar-refractivity contribution in [3.63, 3.8) is 0 Å². The molecule has 0 aliphatic heterocycles. The number of rotatable bonds is 4. The molecule has 0 radical (unpaired) electrons. The molecule has 0 spiro atoms. The van der Waals surface area contributed by atoms with Crippen molar-refractivity contribution in [1.82, 2.24) is 0 Å². The van der Waals surface area contributed by atoms with Crippen LogP contribution in [0.4, 0.5) is 0 Å². The van der Waals surface area contributed by atoms with Gasteiger partial charge in [-0.1, -0.05) is 62.1 Å². The summed E-state index contributed by atoms with van der Waals surface area (Å²) < 4.78 is 0. The van der Waals surface area contributed by atoms with E-state index in [9.17, 15) is 0 Å². The van der Waals surface area contributed by atoms with Crippen molar-refractivity contribution in [3.05, 3.63) is 66.3 Å². The third-order valence-electron chi connectivity index (χ3n) is 2.27. The van der Waals surface area contributed by atoms with Gasteiger partial charge in [-0.05, 0) is 30.0 Å². The zero-order valence-corrected chi connectivity index (χ0v) is 9.53. The second kappa shape index (κ2) is 6.02. The summed E-state index contributed by atoms with van der Waals surface area (Å²) in [6.07, 6.45) is 9.35. The lowest BCUT2D eigenvalue weighted by Crippen LogP contribution is -1.83. The second-order valence-electron chi connectivity index (χ2n) is 3.54. The van der Waals surface area contributed by atoms with Crippen molar-refractivity contribution >= 4 is 5.57 Å². The standard InChI is InChI=1S/C15H18/c1-4-5-6-7-10-13(2)15-12-9-8-11-14(15)3/h5-12H,2,4H2,1,3H3/b6-5-,10-7-. The van der Waals surface area contributed by atoms with E-state index < -0.39 is 0 Å². The molecule has 0 bridgehead atoms. The van der Waals surface area contributed by atoms with Crippen molar-refractivity contribution in [3.8, 4) is 0 Å². The van der Waals surface area contributed by atoms with Gasteiger partial charge in [0, 0.05) is 0 Å². The van der Waals surface area contributed by atoms with Crippen molar-refractivity contribution in [2.75, 3.05) is 0 Å². The van der Waals surface area contributed by atoms with E-state index in [-0.39, 0.29) is 0 Å². The molecule has 0 heteroatoms. The molecule has 0 atom stereocenters. The van der Waals surface area contributed by atoms with Crippen LogP contribution in [-0.4, -0.2) is 0 Å². The highest BCUT2D eigenvalue weighted by molar-refractivity contribution is 5.74. The van der Waals surface area contributed by atoms with E-state index >= 15 is 0 Å². The number of hydrogen-bond donors (Lipinski definition) is 0. The van der Waals surface area contributed by atoms with Gasteiger partial charge >= 0.3 is 0 Å². The normalized spacial score (nSPS) is 11.3. The van der Waals surface area contributed by atoms with E-state index in [1.807, 2.05) is 18.2 Å². The lowest BCUT2D eigenvalue weighted by atomic mass is 10.0. The third-order valence-corrected chi connectivity index (χ3v) is 2.27. The first-order chi connectivity index (χ1) is 7.25. The molecule has 0 heterocycles. The van der Waals surface area contributed by atoms with Crippen LogP contribution in [0.2, 0.25) is 0 Å². The second-order valence-corrected chi connectivity index (χ2v) is 3.54. The number of hydrogen-bond acceptors (Lipinski definition) is 0. The van der Waals surface area contributed by atoms with E-state index in [4.69, 9.17) is 0 Å². The largest absolute Gasteiger partial charge is 0.0912 e. The fourth-order valence-corrected chi connectivity index (χ4v) is 1.41. The van der Waals surface area contributed by atoms with Gasteiger partial charge in [0.15, 0.2) is 0 Å². The zero-order valence-electron chi connectivity index (χ0n) is 9.53. The summed E-state index contributed by atoms with van der Waals surface area (Å²) in [7, 11) is 0. The molecule has 15 heavy (non-hydrogen) atoms. The molecular weight excluding hydrogens is 180 g/mol. The Hall–Kier alpha value is -1.56. The summed E-state index contributed by atoms with van der Waals surface area (Å²) in [4.78, 5) is 0. The average Bonchev–Trinajstić information content (AvgIpc) is 2.25. The lowest BCUT2D eigenvalue weighted by molar-refractivity contribution is 1.22. The Labute approximate surface area is 92.6 Å². The molecule has 0 aliphatic carbocycles. The van der Waals surface area contributed by atoms with Gasteiger partial charge in [-0.2, -0.15) is 0 Å². The summed E-state index contributed by atoms with van der Waals surface area (Å²) in [5.74, 6) is 0. The van der Waals surface area contributed by atoms with Crippen LogP contribution >= 0.6 is 0 Å². The van der Waals surface area contributed by atoms with Crippen LogP contribution in [-0.2, 0) is 0 Å². The molecule has 0 nitrogen and oxygen atoms in total. The molecule has 0 fully saturated rings. The van der Waals surface area contributed by atoms with Crippen molar-refractivity contribution in [2.45, 2.75) is 20.3 Å². The Morgan fingerprint density at radius 2 is 2.00 bits per heavy atom.